The molecule has 1 aromatic heterocycles. The fraction of sp³-hybridized carbons (Fsp3) is 0.269. The van der Waals surface area contributed by atoms with E-state index in [2.05, 4.69) is 20.5 Å². The molecule has 6 heteroatoms. The van der Waals surface area contributed by atoms with E-state index in [1.165, 1.54) is 6.42 Å². The second-order valence-corrected chi connectivity index (χ2v) is 8.09. The number of nitrogens with one attached hydrogen (secondary N) is 2. The highest BCUT2D eigenvalue weighted by Gasteiger charge is 2.20. The predicted octanol–water partition coefficient (Wildman–Crippen LogP) is 4.56. The number of carbonyl (C=O) groups excluding carboxylic acids is 2. The Morgan fingerprint density at radius 2 is 1.75 bits per heavy atom. The third kappa shape index (κ3) is 5.14. The molecule has 1 aliphatic heterocycles. The summed E-state index contributed by atoms with van der Waals surface area (Å²) in [4.78, 5) is 32.3. The molecule has 0 saturated carbocycles. The summed E-state index contributed by atoms with van der Waals surface area (Å²) in [7, 11) is 0. The zero-order valence-electron chi connectivity index (χ0n) is 18.3. The molecule has 0 spiro atoms. The number of hydrogen-bond donors (Lipinski definition) is 2. The number of hydrogen-bond acceptors (Lipinski definition) is 4. The fourth-order valence-electron chi connectivity index (χ4n) is 4.01. The zero-order valence-corrected chi connectivity index (χ0v) is 18.3. The number of benzene rings is 2. The van der Waals surface area contributed by atoms with Crippen LogP contribution in [0.2, 0.25) is 0 Å². The van der Waals surface area contributed by atoms with E-state index in [9.17, 15) is 9.59 Å². The minimum Gasteiger partial charge on any atom is -0.371 e. The molecule has 0 bridgehead atoms. The molecule has 1 saturated heterocycles. The van der Waals surface area contributed by atoms with Gasteiger partial charge >= 0.3 is 0 Å². The van der Waals surface area contributed by atoms with Gasteiger partial charge in [-0.05, 0) is 67.6 Å². The third-order valence-corrected chi connectivity index (χ3v) is 5.76. The van der Waals surface area contributed by atoms with Gasteiger partial charge in [-0.25, -0.2) is 0 Å². The van der Waals surface area contributed by atoms with Crippen molar-refractivity contribution in [1.82, 2.24) is 10.3 Å². The van der Waals surface area contributed by atoms with Gasteiger partial charge in [-0.1, -0.05) is 24.3 Å². The highest BCUT2D eigenvalue weighted by Crippen LogP contribution is 2.28. The Labute approximate surface area is 188 Å². The first-order valence-corrected chi connectivity index (χ1v) is 11.0. The van der Waals surface area contributed by atoms with E-state index in [0.29, 0.717) is 23.4 Å². The Hall–Kier alpha value is -3.67. The number of amides is 2. The lowest BCUT2D eigenvalue weighted by molar-refractivity contribution is 0.0950. The molecule has 1 fully saturated rings. The summed E-state index contributed by atoms with van der Waals surface area (Å²) < 4.78 is 0. The van der Waals surface area contributed by atoms with Crippen LogP contribution in [0.25, 0.3) is 0 Å². The lowest BCUT2D eigenvalue weighted by atomic mass is 10.0. The van der Waals surface area contributed by atoms with Gasteiger partial charge in [0.15, 0.2) is 0 Å². The maximum atomic E-state index is 13.2. The van der Waals surface area contributed by atoms with Crippen molar-refractivity contribution in [2.75, 3.05) is 23.3 Å². The molecule has 0 aliphatic carbocycles. The number of anilines is 2. The molecule has 0 radical (unpaired) electrons. The van der Waals surface area contributed by atoms with E-state index >= 15 is 0 Å². The van der Waals surface area contributed by atoms with Crippen molar-refractivity contribution in [3.05, 3.63) is 89.2 Å². The molecule has 6 nitrogen and oxygen atoms in total. The van der Waals surface area contributed by atoms with Gasteiger partial charge in [-0.2, -0.15) is 0 Å². The van der Waals surface area contributed by atoms with E-state index in [1.54, 1.807) is 24.5 Å². The maximum absolute atomic E-state index is 13.2. The minimum atomic E-state index is -0.185. The summed E-state index contributed by atoms with van der Waals surface area (Å²) in [5.41, 5.74) is 4.54. The molecule has 3 aromatic rings. The van der Waals surface area contributed by atoms with Gasteiger partial charge in [-0.3, -0.25) is 14.6 Å². The molecule has 32 heavy (non-hydrogen) atoms. The topological polar surface area (TPSA) is 74.3 Å². The zero-order chi connectivity index (χ0) is 22.3. The molecule has 2 heterocycles. The summed E-state index contributed by atoms with van der Waals surface area (Å²) >= 11 is 0. The van der Waals surface area contributed by atoms with E-state index in [0.717, 1.165) is 42.7 Å². The van der Waals surface area contributed by atoms with E-state index < -0.39 is 0 Å². The van der Waals surface area contributed by atoms with Crippen LogP contribution in [-0.4, -0.2) is 29.9 Å². The van der Waals surface area contributed by atoms with Crippen molar-refractivity contribution in [2.24, 2.45) is 0 Å². The molecule has 1 aliphatic rings. The van der Waals surface area contributed by atoms with E-state index in [4.69, 9.17) is 0 Å². The fourth-order valence-corrected chi connectivity index (χ4v) is 4.01. The van der Waals surface area contributed by atoms with Crippen molar-refractivity contribution in [2.45, 2.75) is 32.7 Å². The van der Waals surface area contributed by atoms with Crippen LogP contribution in [0.1, 0.15) is 51.1 Å². The summed E-state index contributed by atoms with van der Waals surface area (Å²) in [6, 6.07) is 16.8. The number of rotatable bonds is 6. The molecule has 0 atom stereocenters. The van der Waals surface area contributed by atoms with Crippen molar-refractivity contribution in [3.8, 4) is 0 Å². The number of aryl methyl sites for hydroxylation is 1. The van der Waals surface area contributed by atoms with E-state index in [1.807, 2.05) is 49.4 Å². The summed E-state index contributed by atoms with van der Waals surface area (Å²) in [5.74, 6) is -0.350. The Balaban J connectivity index is 1.58. The van der Waals surface area contributed by atoms with Crippen LogP contribution in [0.15, 0.2) is 67.0 Å². The Morgan fingerprint density at radius 3 is 2.50 bits per heavy atom. The quantitative estimate of drug-likeness (QED) is 0.603. The van der Waals surface area contributed by atoms with Gasteiger partial charge in [0.25, 0.3) is 11.8 Å². The molecule has 2 aromatic carbocycles. The monoisotopic (exact) mass is 428 g/mol. The van der Waals surface area contributed by atoms with Crippen LogP contribution in [0, 0.1) is 6.92 Å². The largest absolute Gasteiger partial charge is 0.371 e. The summed E-state index contributed by atoms with van der Waals surface area (Å²) in [6.07, 6.45) is 6.89. The van der Waals surface area contributed by atoms with Crippen LogP contribution in [-0.2, 0) is 6.54 Å². The number of piperidine rings is 1. The average Bonchev–Trinajstić information content (AvgIpc) is 2.84. The Morgan fingerprint density at radius 1 is 0.938 bits per heavy atom. The molecule has 2 amide bonds. The normalized spacial score (nSPS) is 13.5. The van der Waals surface area contributed by atoms with Crippen LogP contribution in [0.4, 0.5) is 11.4 Å². The minimum absolute atomic E-state index is 0.165. The van der Waals surface area contributed by atoms with Gasteiger partial charge in [0, 0.05) is 49.0 Å². The first-order chi connectivity index (χ1) is 15.6. The first kappa shape index (κ1) is 21.6. The highest BCUT2D eigenvalue weighted by atomic mass is 16.2. The molecule has 4 rings (SSSR count). The van der Waals surface area contributed by atoms with Gasteiger partial charge in [0.05, 0.1) is 5.56 Å². The highest BCUT2D eigenvalue weighted by molar-refractivity contribution is 6.07. The number of aromatic nitrogens is 1. The smallest absolute Gasteiger partial charge is 0.255 e. The lowest BCUT2D eigenvalue weighted by Crippen LogP contribution is -2.32. The van der Waals surface area contributed by atoms with Crippen molar-refractivity contribution in [1.29, 1.82) is 0 Å². The molecule has 2 N–H and O–H groups in total. The second kappa shape index (κ2) is 10.1. The SMILES string of the molecule is Cc1ccccc1C(=O)Nc1ccc(N2CCCCC2)c(C(=O)NCc2cccnc2)c1. The van der Waals surface area contributed by atoms with E-state index in [-0.39, 0.29) is 11.8 Å². The lowest BCUT2D eigenvalue weighted by Gasteiger charge is -2.30. The summed E-state index contributed by atoms with van der Waals surface area (Å²) in [6.45, 7) is 4.16. The van der Waals surface area contributed by atoms with Crippen LogP contribution >= 0.6 is 0 Å². The van der Waals surface area contributed by atoms with Gasteiger partial charge in [-0.15, -0.1) is 0 Å². The van der Waals surface area contributed by atoms with Crippen molar-refractivity contribution < 1.29 is 9.59 Å². The van der Waals surface area contributed by atoms with Crippen molar-refractivity contribution >= 4 is 23.2 Å². The molecular weight excluding hydrogens is 400 g/mol. The van der Waals surface area contributed by atoms with Crippen LogP contribution in [0.5, 0.6) is 0 Å². The second-order valence-electron chi connectivity index (χ2n) is 8.09. The third-order valence-electron chi connectivity index (χ3n) is 5.76. The first-order valence-electron chi connectivity index (χ1n) is 11.0. The maximum Gasteiger partial charge on any atom is 0.255 e. The van der Waals surface area contributed by atoms with Gasteiger partial charge in [0.2, 0.25) is 0 Å². The standard InChI is InChI=1S/C26H28N4O2/c1-19-8-3-4-10-22(19)26(32)29-21-11-12-24(30-14-5-2-6-15-30)23(16-21)25(31)28-18-20-9-7-13-27-17-20/h3-4,7-13,16-17H,2,5-6,14-15,18H2,1H3,(H,28,31)(H,29,32). The van der Waals surface area contributed by atoms with Crippen molar-refractivity contribution in [3.63, 3.8) is 0 Å². The Kier molecular flexibility index (Phi) is 6.80. The number of pyridine rings is 1. The number of carbonyl (C=O) groups is 2. The predicted molar refractivity (Wildman–Crippen MR) is 127 cm³/mol. The summed E-state index contributed by atoms with van der Waals surface area (Å²) in [5, 5.41) is 5.95. The van der Waals surface area contributed by atoms with Crippen LogP contribution in [0.3, 0.4) is 0 Å². The molecule has 164 valence electrons. The molecular formula is C26H28N4O2. The van der Waals surface area contributed by atoms with Gasteiger partial charge in [0.1, 0.15) is 0 Å². The average molecular weight is 429 g/mol. The van der Waals surface area contributed by atoms with Crippen LogP contribution < -0.4 is 15.5 Å². The number of nitrogens with zero attached hydrogens (tertiary/aromatic N) is 2. The Bertz CT molecular complexity index is 1090. The van der Waals surface area contributed by atoms with Gasteiger partial charge < -0.3 is 15.5 Å². The molecule has 0 unspecified atom stereocenters.